The third-order valence-electron chi connectivity index (χ3n) is 4.34. The molecule has 0 saturated carbocycles. The minimum absolute atomic E-state index is 0.0473. The number of rotatable bonds is 4. The molecule has 1 N–H and O–H groups in total. The van der Waals surface area contributed by atoms with E-state index in [1.54, 1.807) is 25.1 Å². The number of carbonyl (C=O) groups excluding carboxylic acids is 2. The second-order valence-electron chi connectivity index (χ2n) is 5.97. The van der Waals surface area contributed by atoms with Gasteiger partial charge in [-0.15, -0.1) is 0 Å². The van der Waals surface area contributed by atoms with Gasteiger partial charge in [0.15, 0.2) is 17.3 Å². The van der Waals surface area contributed by atoms with E-state index in [0.717, 1.165) is 4.90 Å². The molecule has 2 aliphatic heterocycles. The van der Waals surface area contributed by atoms with Crippen LogP contribution in [0.3, 0.4) is 0 Å². The Morgan fingerprint density at radius 3 is 2.84 bits per heavy atom. The van der Waals surface area contributed by atoms with Crippen LogP contribution in [0, 0.1) is 0 Å². The number of hydrogen-bond acceptors (Lipinski definition) is 7. The number of fused-ring (bicyclic) bond motifs is 1. The Bertz CT molecular complexity index is 864. The van der Waals surface area contributed by atoms with Crippen LogP contribution in [-0.4, -0.2) is 33.8 Å². The molecule has 3 heterocycles. The number of carbonyl (C=O) groups is 2. The fraction of sp³-hybridized carbons (Fsp3) is 0.375. The maximum atomic E-state index is 12.9. The highest BCUT2D eigenvalue weighted by molar-refractivity contribution is 6.07. The summed E-state index contributed by atoms with van der Waals surface area (Å²) in [6, 6.07) is 4.65. The summed E-state index contributed by atoms with van der Waals surface area (Å²) < 4.78 is 15.6. The van der Waals surface area contributed by atoms with Crippen LogP contribution in [0.25, 0.3) is 0 Å². The topological polar surface area (TPSA) is 107 Å². The van der Waals surface area contributed by atoms with Crippen LogP contribution in [0.4, 0.5) is 4.79 Å². The molecule has 0 bridgehead atoms. The first kappa shape index (κ1) is 15.4. The highest BCUT2D eigenvalue weighted by Gasteiger charge is 2.49. The van der Waals surface area contributed by atoms with E-state index in [0.29, 0.717) is 29.4 Å². The van der Waals surface area contributed by atoms with E-state index >= 15 is 0 Å². The first-order valence-corrected chi connectivity index (χ1v) is 7.87. The molecule has 1 fully saturated rings. The fourth-order valence-corrected chi connectivity index (χ4v) is 2.88. The third kappa shape index (κ3) is 2.39. The Kier molecular flexibility index (Phi) is 3.38. The predicted octanol–water partition coefficient (Wildman–Crippen LogP) is 1.33. The van der Waals surface area contributed by atoms with Crippen LogP contribution >= 0.6 is 0 Å². The van der Waals surface area contributed by atoms with Gasteiger partial charge in [0.1, 0.15) is 5.54 Å². The summed E-state index contributed by atoms with van der Waals surface area (Å²) in [5.41, 5.74) is -0.588. The summed E-state index contributed by atoms with van der Waals surface area (Å²) in [5, 5.41) is 6.52. The highest BCUT2D eigenvalue weighted by atomic mass is 16.7. The van der Waals surface area contributed by atoms with E-state index < -0.39 is 11.6 Å². The van der Waals surface area contributed by atoms with Gasteiger partial charge < -0.3 is 19.3 Å². The van der Waals surface area contributed by atoms with Gasteiger partial charge in [-0.1, -0.05) is 18.1 Å². The Morgan fingerprint density at radius 2 is 2.08 bits per heavy atom. The van der Waals surface area contributed by atoms with Gasteiger partial charge >= 0.3 is 6.03 Å². The fourth-order valence-electron chi connectivity index (χ4n) is 2.88. The lowest BCUT2D eigenvalue weighted by molar-refractivity contribution is -0.131. The van der Waals surface area contributed by atoms with Crippen molar-refractivity contribution in [3.63, 3.8) is 0 Å². The van der Waals surface area contributed by atoms with E-state index in [1.165, 1.54) is 0 Å². The minimum atomic E-state index is -1.20. The molecule has 130 valence electrons. The second kappa shape index (κ2) is 5.47. The lowest BCUT2D eigenvalue weighted by Crippen LogP contribution is -2.40. The number of aryl methyl sites for hydroxylation is 1. The molecule has 3 amide bonds. The number of urea groups is 1. The van der Waals surface area contributed by atoms with Crippen molar-refractivity contribution in [1.82, 2.24) is 20.4 Å². The summed E-state index contributed by atoms with van der Waals surface area (Å²) in [5.74, 6) is 1.51. The molecule has 25 heavy (non-hydrogen) atoms. The van der Waals surface area contributed by atoms with Crippen LogP contribution in [0.5, 0.6) is 11.5 Å². The number of nitrogens with zero attached hydrogens (tertiary/aromatic N) is 3. The van der Waals surface area contributed by atoms with Crippen molar-refractivity contribution >= 4 is 11.9 Å². The van der Waals surface area contributed by atoms with Crippen molar-refractivity contribution in [2.24, 2.45) is 0 Å². The largest absolute Gasteiger partial charge is 0.454 e. The summed E-state index contributed by atoms with van der Waals surface area (Å²) in [6.45, 7) is 3.62. The number of aromatic nitrogens is 2. The second-order valence-corrected chi connectivity index (χ2v) is 5.97. The molecule has 9 nitrogen and oxygen atoms in total. The molecule has 1 unspecified atom stereocenters. The van der Waals surface area contributed by atoms with Gasteiger partial charge in [-0.05, 0) is 24.6 Å². The molecule has 1 atom stereocenters. The first-order valence-electron chi connectivity index (χ1n) is 7.87. The smallest absolute Gasteiger partial charge is 0.325 e. The number of ether oxygens (including phenoxy) is 2. The lowest BCUT2D eigenvalue weighted by atomic mass is 9.91. The average Bonchev–Trinajstić information content (AvgIpc) is 3.30. The zero-order chi connectivity index (χ0) is 17.6. The van der Waals surface area contributed by atoms with E-state index in [4.69, 9.17) is 14.0 Å². The molecule has 2 aromatic rings. The number of imide groups is 1. The first-order chi connectivity index (χ1) is 12.0. The van der Waals surface area contributed by atoms with Gasteiger partial charge in [0, 0.05) is 6.42 Å². The quantitative estimate of drug-likeness (QED) is 0.834. The molecule has 4 rings (SSSR count). The number of benzene rings is 1. The van der Waals surface area contributed by atoms with Crippen molar-refractivity contribution in [3.05, 3.63) is 35.5 Å². The van der Waals surface area contributed by atoms with Crippen LogP contribution < -0.4 is 14.8 Å². The van der Waals surface area contributed by atoms with Gasteiger partial charge in [0.05, 0.1) is 6.54 Å². The number of hydrogen-bond donors (Lipinski definition) is 1. The van der Waals surface area contributed by atoms with Gasteiger partial charge in [0.2, 0.25) is 12.7 Å². The molecule has 1 aromatic carbocycles. The summed E-state index contributed by atoms with van der Waals surface area (Å²) in [6.07, 6.45) is 0.585. The Labute approximate surface area is 142 Å². The van der Waals surface area contributed by atoms with E-state index in [2.05, 4.69) is 15.5 Å². The molecular weight excluding hydrogens is 328 g/mol. The Hall–Kier alpha value is -3.10. The Balaban J connectivity index is 1.61. The van der Waals surface area contributed by atoms with E-state index in [-0.39, 0.29) is 25.1 Å². The van der Waals surface area contributed by atoms with Crippen molar-refractivity contribution in [2.45, 2.75) is 32.4 Å². The molecule has 0 radical (unpaired) electrons. The zero-order valence-electron chi connectivity index (χ0n) is 13.7. The molecule has 1 aromatic heterocycles. The van der Waals surface area contributed by atoms with Gasteiger partial charge in [0.25, 0.3) is 5.91 Å². The summed E-state index contributed by atoms with van der Waals surface area (Å²) in [4.78, 5) is 30.5. The van der Waals surface area contributed by atoms with Crippen LogP contribution in [0.2, 0.25) is 0 Å². The van der Waals surface area contributed by atoms with E-state index in [1.807, 2.05) is 6.92 Å². The van der Waals surface area contributed by atoms with E-state index in [9.17, 15) is 9.59 Å². The summed E-state index contributed by atoms with van der Waals surface area (Å²) in [7, 11) is 0. The normalized spacial score (nSPS) is 21.8. The predicted molar refractivity (Wildman–Crippen MR) is 82.7 cm³/mol. The van der Waals surface area contributed by atoms with Crippen LogP contribution in [0.1, 0.15) is 31.1 Å². The number of amides is 3. The van der Waals surface area contributed by atoms with Gasteiger partial charge in [-0.3, -0.25) is 9.69 Å². The molecule has 0 spiro atoms. The highest BCUT2D eigenvalue weighted by Crippen LogP contribution is 2.38. The monoisotopic (exact) mass is 344 g/mol. The van der Waals surface area contributed by atoms with Gasteiger partial charge in [-0.2, -0.15) is 4.98 Å². The number of nitrogens with one attached hydrogen (secondary N) is 1. The standard InChI is InChI=1S/C16H16N4O5/c1-3-13-17-12(19-25-13)7-20-14(21)16(2,18-15(20)22)9-4-5-10-11(6-9)24-8-23-10/h4-6H,3,7-8H2,1-2H3,(H,18,22). The average molecular weight is 344 g/mol. The van der Waals surface area contributed by atoms with Crippen LogP contribution in [-0.2, 0) is 23.3 Å². The Morgan fingerprint density at radius 1 is 1.28 bits per heavy atom. The SMILES string of the molecule is CCc1nc(CN2C(=O)NC(C)(c3ccc4c(c3)OCO4)C2=O)no1. The molecule has 0 aliphatic carbocycles. The molecule has 9 heteroatoms. The lowest BCUT2D eigenvalue weighted by Gasteiger charge is -2.22. The third-order valence-corrected chi connectivity index (χ3v) is 4.34. The molecule has 2 aliphatic rings. The van der Waals surface area contributed by atoms with Crippen LogP contribution in [0.15, 0.2) is 22.7 Å². The van der Waals surface area contributed by atoms with Crippen molar-refractivity contribution in [1.29, 1.82) is 0 Å². The molecular formula is C16H16N4O5. The maximum absolute atomic E-state index is 12.9. The maximum Gasteiger partial charge on any atom is 0.325 e. The minimum Gasteiger partial charge on any atom is -0.454 e. The molecule has 1 saturated heterocycles. The van der Waals surface area contributed by atoms with Crippen molar-refractivity contribution in [2.75, 3.05) is 6.79 Å². The van der Waals surface area contributed by atoms with Gasteiger partial charge in [-0.25, -0.2) is 4.79 Å². The van der Waals surface area contributed by atoms with Crippen molar-refractivity contribution < 1.29 is 23.6 Å². The zero-order valence-corrected chi connectivity index (χ0v) is 13.7. The van der Waals surface area contributed by atoms with Crippen molar-refractivity contribution in [3.8, 4) is 11.5 Å². The summed E-state index contributed by atoms with van der Waals surface area (Å²) >= 11 is 0.